The lowest BCUT2D eigenvalue weighted by Gasteiger charge is -2.28. The van der Waals surface area contributed by atoms with E-state index in [0.717, 1.165) is 10.4 Å². The molecule has 0 unspecified atom stereocenters. The minimum atomic E-state index is -4.16. The van der Waals surface area contributed by atoms with Crippen LogP contribution >= 0.6 is 15.9 Å². The van der Waals surface area contributed by atoms with Gasteiger partial charge in [0.25, 0.3) is 0 Å². The molecular formula is C19H18BrF2N3O3S. The van der Waals surface area contributed by atoms with Gasteiger partial charge in [0.05, 0.1) is 7.11 Å². The van der Waals surface area contributed by atoms with Crippen molar-refractivity contribution in [3.8, 4) is 11.9 Å². The van der Waals surface area contributed by atoms with E-state index in [1.807, 2.05) is 6.19 Å². The Bertz CT molecular complexity index is 1060. The second-order valence-electron chi connectivity index (χ2n) is 6.55. The summed E-state index contributed by atoms with van der Waals surface area (Å²) in [5, 5.41) is 9.15. The molecule has 1 saturated heterocycles. The largest absolute Gasteiger partial charge is 0.495 e. The van der Waals surface area contributed by atoms with Crippen LogP contribution in [0.1, 0.15) is 12.0 Å². The van der Waals surface area contributed by atoms with Crippen LogP contribution in [0.15, 0.2) is 45.8 Å². The summed E-state index contributed by atoms with van der Waals surface area (Å²) < 4.78 is 62.0. The van der Waals surface area contributed by atoms with Crippen molar-refractivity contribution in [3.63, 3.8) is 0 Å². The van der Waals surface area contributed by atoms with Crippen LogP contribution in [0.3, 0.4) is 0 Å². The maximum absolute atomic E-state index is 14.3. The summed E-state index contributed by atoms with van der Waals surface area (Å²) in [7, 11) is -2.80. The predicted octanol–water partition coefficient (Wildman–Crippen LogP) is 3.48. The number of sulfonamides is 1. The molecule has 154 valence electrons. The molecular weight excluding hydrogens is 468 g/mol. The molecule has 6 nitrogen and oxygen atoms in total. The van der Waals surface area contributed by atoms with E-state index in [2.05, 4.69) is 15.9 Å². The molecule has 2 aromatic rings. The molecule has 0 bridgehead atoms. The van der Waals surface area contributed by atoms with E-state index >= 15 is 0 Å². The fourth-order valence-corrected chi connectivity index (χ4v) is 5.62. The number of benzene rings is 2. The molecule has 1 atom stereocenters. The molecule has 1 fully saturated rings. The van der Waals surface area contributed by atoms with Crippen LogP contribution in [0.2, 0.25) is 0 Å². The second kappa shape index (κ2) is 8.65. The van der Waals surface area contributed by atoms with E-state index in [1.165, 1.54) is 36.3 Å². The molecule has 3 rings (SSSR count). The lowest BCUT2D eigenvalue weighted by atomic mass is 10.2. The van der Waals surface area contributed by atoms with Crippen molar-refractivity contribution in [2.45, 2.75) is 23.9 Å². The van der Waals surface area contributed by atoms with Crippen LogP contribution in [0.25, 0.3) is 0 Å². The van der Waals surface area contributed by atoms with E-state index in [-0.39, 0.29) is 29.3 Å². The minimum absolute atomic E-state index is 0.0852. The fourth-order valence-electron chi connectivity index (χ4n) is 3.29. The first kappa shape index (κ1) is 21.5. The van der Waals surface area contributed by atoms with Crippen molar-refractivity contribution in [1.82, 2.24) is 9.21 Å². The molecule has 0 N–H and O–H groups in total. The average Bonchev–Trinajstić information content (AvgIpc) is 3.17. The standard InChI is InChI=1S/C19H18BrF2N3O3S/c1-28-17-6-5-14(20)9-18(17)29(26,27)25(15-7-8-24(11-15)12-23)10-13-3-2-4-16(21)19(13)22/h2-6,9,15H,7-8,10-11H2,1H3/t15-/m1/s1. The summed E-state index contributed by atoms with van der Waals surface area (Å²) in [6, 6.07) is 7.62. The van der Waals surface area contributed by atoms with Gasteiger partial charge in [-0.15, -0.1) is 0 Å². The highest BCUT2D eigenvalue weighted by Gasteiger charge is 2.38. The fraction of sp³-hybridized carbons (Fsp3) is 0.316. The Balaban J connectivity index is 2.09. The highest BCUT2D eigenvalue weighted by Crippen LogP contribution is 2.33. The van der Waals surface area contributed by atoms with Crippen molar-refractivity contribution in [1.29, 1.82) is 5.26 Å². The maximum Gasteiger partial charge on any atom is 0.247 e. The van der Waals surface area contributed by atoms with E-state index in [0.29, 0.717) is 17.4 Å². The van der Waals surface area contributed by atoms with Crippen molar-refractivity contribution in [2.24, 2.45) is 0 Å². The second-order valence-corrected chi connectivity index (χ2v) is 9.32. The van der Waals surface area contributed by atoms with Crippen LogP contribution in [0.5, 0.6) is 5.75 Å². The topological polar surface area (TPSA) is 73.6 Å². The van der Waals surface area contributed by atoms with E-state index in [4.69, 9.17) is 10.00 Å². The van der Waals surface area contributed by atoms with Crippen molar-refractivity contribution in [3.05, 3.63) is 58.1 Å². The zero-order valence-electron chi connectivity index (χ0n) is 15.5. The van der Waals surface area contributed by atoms with Gasteiger partial charge in [0.15, 0.2) is 17.8 Å². The van der Waals surface area contributed by atoms with Crippen LogP contribution in [-0.4, -0.2) is 43.9 Å². The van der Waals surface area contributed by atoms with Gasteiger partial charge in [0.1, 0.15) is 10.6 Å². The Kier molecular flexibility index (Phi) is 6.41. The highest BCUT2D eigenvalue weighted by atomic mass is 79.9. The van der Waals surface area contributed by atoms with Gasteiger partial charge in [-0.3, -0.25) is 0 Å². The summed E-state index contributed by atoms with van der Waals surface area (Å²) in [5.74, 6) is -2.01. The van der Waals surface area contributed by atoms with Gasteiger partial charge < -0.3 is 9.64 Å². The number of nitriles is 1. The van der Waals surface area contributed by atoms with Crippen LogP contribution < -0.4 is 4.74 Å². The number of nitrogens with zero attached hydrogens (tertiary/aromatic N) is 3. The van der Waals surface area contributed by atoms with Crippen molar-refractivity contribution in [2.75, 3.05) is 20.2 Å². The van der Waals surface area contributed by atoms with E-state index < -0.39 is 27.7 Å². The predicted molar refractivity (Wildman–Crippen MR) is 105 cm³/mol. The summed E-state index contributed by atoms with van der Waals surface area (Å²) >= 11 is 3.26. The Morgan fingerprint density at radius 2 is 2.10 bits per heavy atom. The molecule has 1 aliphatic heterocycles. The first-order valence-electron chi connectivity index (χ1n) is 8.71. The first-order valence-corrected chi connectivity index (χ1v) is 10.9. The zero-order valence-corrected chi connectivity index (χ0v) is 17.9. The summed E-state index contributed by atoms with van der Waals surface area (Å²) in [6.07, 6.45) is 2.39. The molecule has 0 radical (unpaired) electrons. The Morgan fingerprint density at radius 1 is 1.34 bits per heavy atom. The van der Waals surface area contributed by atoms with Crippen molar-refractivity contribution < 1.29 is 21.9 Å². The monoisotopic (exact) mass is 485 g/mol. The van der Waals surface area contributed by atoms with Crippen LogP contribution in [0, 0.1) is 23.1 Å². The van der Waals surface area contributed by atoms with Gasteiger partial charge in [0, 0.05) is 35.7 Å². The number of likely N-dealkylation sites (tertiary alicyclic amines) is 1. The number of methoxy groups -OCH3 is 1. The molecule has 0 aliphatic carbocycles. The van der Waals surface area contributed by atoms with Gasteiger partial charge >= 0.3 is 0 Å². The number of ether oxygens (including phenoxy) is 1. The van der Waals surface area contributed by atoms with Gasteiger partial charge in [0.2, 0.25) is 10.0 Å². The van der Waals surface area contributed by atoms with Crippen molar-refractivity contribution >= 4 is 26.0 Å². The Morgan fingerprint density at radius 3 is 2.76 bits per heavy atom. The minimum Gasteiger partial charge on any atom is -0.495 e. The van der Waals surface area contributed by atoms with Gasteiger partial charge in [-0.1, -0.05) is 28.1 Å². The first-order chi connectivity index (χ1) is 13.8. The van der Waals surface area contributed by atoms with Crippen LogP contribution in [-0.2, 0) is 16.6 Å². The third-order valence-electron chi connectivity index (χ3n) is 4.78. The van der Waals surface area contributed by atoms with Crippen LogP contribution in [0.4, 0.5) is 8.78 Å². The Hall–Kier alpha value is -2.22. The molecule has 0 saturated carbocycles. The molecule has 0 aromatic heterocycles. The lowest BCUT2D eigenvalue weighted by molar-refractivity contribution is 0.306. The number of hydrogen-bond acceptors (Lipinski definition) is 5. The quantitative estimate of drug-likeness (QED) is 0.585. The smallest absolute Gasteiger partial charge is 0.247 e. The Labute approximate surface area is 176 Å². The van der Waals surface area contributed by atoms with E-state index in [9.17, 15) is 17.2 Å². The summed E-state index contributed by atoms with van der Waals surface area (Å²) in [6.45, 7) is 0.183. The van der Waals surface area contributed by atoms with Gasteiger partial charge in [-0.25, -0.2) is 17.2 Å². The molecule has 1 aliphatic rings. The molecule has 10 heteroatoms. The SMILES string of the molecule is COc1ccc(Br)cc1S(=O)(=O)N(Cc1cccc(F)c1F)[C@@H]1CCN(C#N)C1. The molecule has 0 amide bonds. The molecule has 2 aromatic carbocycles. The third kappa shape index (κ3) is 4.37. The highest BCUT2D eigenvalue weighted by molar-refractivity contribution is 9.10. The normalized spacial score (nSPS) is 16.8. The molecule has 1 heterocycles. The molecule has 0 spiro atoms. The lowest BCUT2D eigenvalue weighted by Crippen LogP contribution is -2.41. The molecule has 29 heavy (non-hydrogen) atoms. The summed E-state index contributed by atoms with van der Waals surface area (Å²) in [5.41, 5.74) is -0.0852. The van der Waals surface area contributed by atoms with Gasteiger partial charge in [-0.2, -0.15) is 9.57 Å². The van der Waals surface area contributed by atoms with Gasteiger partial charge in [-0.05, 0) is 30.7 Å². The number of hydrogen-bond donors (Lipinski definition) is 0. The zero-order chi connectivity index (χ0) is 21.2. The third-order valence-corrected chi connectivity index (χ3v) is 7.19. The number of halogens is 3. The summed E-state index contributed by atoms with van der Waals surface area (Å²) in [4.78, 5) is 1.34. The maximum atomic E-state index is 14.3. The number of rotatable bonds is 6. The average molecular weight is 486 g/mol. The van der Waals surface area contributed by atoms with E-state index in [1.54, 1.807) is 6.07 Å².